The zero-order valence-electron chi connectivity index (χ0n) is 7.44. The predicted octanol–water partition coefficient (Wildman–Crippen LogP) is 0.724. The first-order valence-electron chi connectivity index (χ1n) is 4.24. The standard InChI is InChI=1S/C7H18NO3P/c1-2-4-7(9)12(10,11)6-3-5-8/h7,9H,2-6,8H2,1H3,(H,10,11)/t7-/m1/s1. The maximum Gasteiger partial charge on any atom is 0.228 e. The van der Waals surface area contributed by atoms with Gasteiger partial charge in [0, 0.05) is 6.16 Å². The van der Waals surface area contributed by atoms with Crippen LogP contribution in [0.5, 0.6) is 0 Å². The highest BCUT2D eigenvalue weighted by Crippen LogP contribution is 2.46. The van der Waals surface area contributed by atoms with E-state index in [2.05, 4.69) is 0 Å². The summed E-state index contributed by atoms with van der Waals surface area (Å²) in [7, 11) is -3.34. The molecular formula is C7H18NO3P. The second-order valence-corrected chi connectivity index (χ2v) is 5.45. The predicted molar refractivity (Wildman–Crippen MR) is 49.3 cm³/mol. The van der Waals surface area contributed by atoms with Crippen molar-refractivity contribution in [2.24, 2.45) is 5.73 Å². The molecule has 0 aromatic carbocycles. The van der Waals surface area contributed by atoms with Crippen LogP contribution >= 0.6 is 7.37 Å². The lowest BCUT2D eigenvalue weighted by molar-refractivity contribution is 0.219. The molecule has 0 saturated heterocycles. The maximum absolute atomic E-state index is 11.3. The zero-order valence-corrected chi connectivity index (χ0v) is 8.33. The van der Waals surface area contributed by atoms with Crippen LogP contribution < -0.4 is 5.73 Å². The summed E-state index contributed by atoms with van der Waals surface area (Å²) in [4.78, 5) is 9.30. The summed E-state index contributed by atoms with van der Waals surface area (Å²) in [5, 5.41) is 9.25. The highest BCUT2D eigenvalue weighted by molar-refractivity contribution is 7.58. The normalized spacial score (nSPS) is 18.7. The van der Waals surface area contributed by atoms with Crippen molar-refractivity contribution in [1.82, 2.24) is 0 Å². The van der Waals surface area contributed by atoms with Crippen LogP contribution in [0.15, 0.2) is 0 Å². The summed E-state index contributed by atoms with van der Waals surface area (Å²) >= 11 is 0. The van der Waals surface area contributed by atoms with E-state index in [1.54, 1.807) is 0 Å². The Morgan fingerprint density at radius 1 is 1.58 bits per heavy atom. The average Bonchev–Trinajstić information content (AvgIpc) is 2.01. The maximum atomic E-state index is 11.3. The molecule has 0 aromatic heterocycles. The first kappa shape index (κ1) is 12.1. The SMILES string of the molecule is CCC[C@H](O)P(=O)(O)CCCN. The summed E-state index contributed by atoms with van der Waals surface area (Å²) in [6, 6.07) is 0. The Morgan fingerprint density at radius 3 is 2.58 bits per heavy atom. The monoisotopic (exact) mass is 195 g/mol. The first-order valence-corrected chi connectivity index (χ1v) is 6.15. The van der Waals surface area contributed by atoms with Crippen LogP contribution in [0.1, 0.15) is 26.2 Å². The van der Waals surface area contributed by atoms with Crippen LogP contribution in [0, 0.1) is 0 Å². The van der Waals surface area contributed by atoms with Crippen LogP contribution in [-0.2, 0) is 4.57 Å². The summed E-state index contributed by atoms with van der Waals surface area (Å²) < 4.78 is 11.3. The minimum atomic E-state index is -3.34. The molecule has 0 heterocycles. The van der Waals surface area contributed by atoms with E-state index in [0.717, 1.165) is 0 Å². The van der Waals surface area contributed by atoms with E-state index < -0.39 is 13.2 Å². The van der Waals surface area contributed by atoms with Gasteiger partial charge in [0.25, 0.3) is 0 Å². The molecule has 0 aliphatic rings. The summed E-state index contributed by atoms with van der Waals surface area (Å²) in [6.07, 6.45) is 1.73. The van der Waals surface area contributed by atoms with E-state index in [9.17, 15) is 14.6 Å². The number of rotatable bonds is 6. The Kier molecular flexibility index (Phi) is 5.76. The molecule has 0 amide bonds. The van der Waals surface area contributed by atoms with Crippen LogP contribution in [0.4, 0.5) is 0 Å². The van der Waals surface area contributed by atoms with Crippen molar-refractivity contribution >= 4 is 7.37 Å². The number of aliphatic hydroxyl groups excluding tert-OH is 1. The van der Waals surface area contributed by atoms with E-state index >= 15 is 0 Å². The lowest BCUT2D eigenvalue weighted by atomic mass is 10.4. The van der Waals surface area contributed by atoms with Crippen LogP contribution in [-0.4, -0.2) is 28.6 Å². The molecule has 0 aromatic rings. The topological polar surface area (TPSA) is 83.5 Å². The third kappa shape index (κ3) is 4.21. The van der Waals surface area contributed by atoms with E-state index in [4.69, 9.17) is 5.73 Å². The minimum Gasteiger partial charge on any atom is -0.383 e. The van der Waals surface area contributed by atoms with Gasteiger partial charge in [0.1, 0.15) is 5.85 Å². The molecule has 0 fully saturated rings. The van der Waals surface area contributed by atoms with E-state index in [1.807, 2.05) is 6.92 Å². The second-order valence-electron chi connectivity index (χ2n) is 2.89. The minimum absolute atomic E-state index is 0.130. The Labute approximate surface area is 73.2 Å². The van der Waals surface area contributed by atoms with E-state index in [0.29, 0.717) is 25.8 Å². The largest absolute Gasteiger partial charge is 0.383 e. The van der Waals surface area contributed by atoms with Crippen molar-refractivity contribution in [1.29, 1.82) is 0 Å². The van der Waals surface area contributed by atoms with Crippen molar-refractivity contribution in [2.75, 3.05) is 12.7 Å². The Bertz CT molecular complexity index is 163. The van der Waals surface area contributed by atoms with Crippen molar-refractivity contribution in [3.05, 3.63) is 0 Å². The molecule has 1 unspecified atom stereocenters. The molecule has 4 nitrogen and oxygen atoms in total. The van der Waals surface area contributed by atoms with Crippen LogP contribution in [0.2, 0.25) is 0 Å². The van der Waals surface area contributed by atoms with Crippen molar-refractivity contribution in [3.8, 4) is 0 Å². The highest BCUT2D eigenvalue weighted by Gasteiger charge is 2.26. The van der Waals surface area contributed by atoms with Gasteiger partial charge in [0.05, 0.1) is 0 Å². The van der Waals surface area contributed by atoms with Gasteiger partial charge in [-0.15, -0.1) is 0 Å². The van der Waals surface area contributed by atoms with Gasteiger partial charge in [-0.05, 0) is 19.4 Å². The molecule has 0 rings (SSSR count). The van der Waals surface area contributed by atoms with Gasteiger partial charge < -0.3 is 15.7 Å². The van der Waals surface area contributed by atoms with Gasteiger partial charge in [-0.2, -0.15) is 0 Å². The molecule has 5 heteroatoms. The second kappa shape index (κ2) is 5.70. The molecule has 0 saturated carbocycles. The Hall–Kier alpha value is 0.110. The van der Waals surface area contributed by atoms with Gasteiger partial charge in [0.2, 0.25) is 7.37 Å². The quantitative estimate of drug-likeness (QED) is 0.545. The summed E-state index contributed by atoms with van der Waals surface area (Å²) in [5.74, 6) is -1.06. The summed E-state index contributed by atoms with van der Waals surface area (Å²) in [6.45, 7) is 2.26. The van der Waals surface area contributed by atoms with Gasteiger partial charge in [0.15, 0.2) is 0 Å². The molecule has 0 bridgehead atoms. The molecule has 12 heavy (non-hydrogen) atoms. The number of nitrogens with two attached hydrogens (primary N) is 1. The van der Waals surface area contributed by atoms with Crippen LogP contribution in [0.25, 0.3) is 0 Å². The van der Waals surface area contributed by atoms with Gasteiger partial charge >= 0.3 is 0 Å². The fourth-order valence-corrected chi connectivity index (χ4v) is 2.52. The van der Waals surface area contributed by atoms with E-state index in [1.165, 1.54) is 0 Å². The van der Waals surface area contributed by atoms with Crippen molar-refractivity contribution in [2.45, 2.75) is 32.0 Å². The molecular weight excluding hydrogens is 177 g/mol. The Morgan fingerprint density at radius 2 is 2.17 bits per heavy atom. The molecule has 0 radical (unpaired) electrons. The lowest BCUT2D eigenvalue weighted by Gasteiger charge is -2.16. The lowest BCUT2D eigenvalue weighted by Crippen LogP contribution is -2.11. The zero-order chi connectivity index (χ0) is 9.61. The average molecular weight is 195 g/mol. The van der Waals surface area contributed by atoms with Gasteiger partial charge in [-0.1, -0.05) is 13.3 Å². The molecule has 0 aliphatic carbocycles. The van der Waals surface area contributed by atoms with Gasteiger partial charge in [-0.25, -0.2) is 0 Å². The third-order valence-corrected chi connectivity index (χ3v) is 3.84. The summed E-state index contributed by atoms with van der Waals surface area (Å²) in [5.41, 5.74) is 5.20. The smallest absolute Gasteiger partial charge is 0.228 e. The van der Waals surface area contributed by atoms with Crippen LogP contribution in [0.3, 0.4) is 0 Å². The molecule has 2 atom stereocenters. The van der Waals surface area contributed by atoms with Gasteiger partial charge in [-0.3, -0.25) is 4.57 Å². The van der Waals surface area contributed by atoms with E-state index in [-0.39, 0.29) is 6.16 Å². The fourth-order valence-electron chi connectivity index (χ4n) is 0.927. The first-order chi connectivity index (χ1) is 5.54. The molecule has 0 spiro atoms. The molecule has 4 N–H and O–H groups in total. The van der Waals surface area contributed by atoms with Crippen molar-refractivity contribution in [3.63, 3.8) is 0 Å². The number of hydrogen-bond donors (Lipinski definition) is 3. The third-order valence-electron chi connectivity index (χ3n) is 1.70. The molecule has 0 aliphatic heterocycles. The Balaban J connectivity index is 3.91. The fraction of sp³-hybridized carbons (Fsp3) is 1.00. The number of aliphatic hydroxyl groups is 1. The highest BCUT2D eigenvalue weighted by atomic mass is 31.2. The number of hydrogen-bond acceptors (Lipinski definition) is 3. The molecule has 74 valence electrons. The van der Waals surface area contributed by atoms with Crippen molar-refractivity contribution < 1.29 is 14.6 Å².